The number of hydrogen-bond acceptors (Lipinski definition) is 5. The molecule has 0 aliphatic rings. The number of carbonyl (C=O) groups excluding carboxylic acids is 1. The number of nitrogens with zero attached hydrogens (tertiary/aromatic N) is 1. The molecule has 0 fully saturated rings. The summed E-state index contributed by atoms with van der Waals surface area (Å²) in [5.74, 6) is -0.531. The van der Waals surface area contributed by atoms with Gasteiger partial charge in [0.25, 0.3) is 11.6 Å². The summed E-state index contributed by atoms with van der Waals surface area (Å²) in [7, 11) is -3.14. The maximum atomic E-state index is 12.1. The second-order valence-electron chi connectivity index (χ2n) is 5.03. The van der Waals surface area contributed by atoms with Gasteiger partial charge in [0.05, 0.1) is 10.7 Å². The van der Waals surface area contributed by atoms with Crippen molar-refractivity contribution < 1.29 is 18.1 Å². The molecule has 120 valence electrons. The predicted octanol–water partition coefficient (Wildman–Crippen LogP) is 2.39. The number of nitro groups is 1. The highest BCUT2D eigenvalue weighted by Crippen LogP contribution is 2.18. The molecule has 0 spiro atoms. The van der Waals surface area contributed by atoms with Crippen LogP contribution in [0.2, 0.25) is 0 Å². The molecule has 0 aliphatic heterocycles. The lowest BCUT2D eigenvalue weighted by Crippen LogP contribution is -2.12. The molecule has 0 saturated carbocycles. The van der Waals surface area contributed by atoms with Gasteiger partial charge in [-0.05, 0) is 23.8 Å². The smallest absolute Gasteiger partial charge is 0.271 e. The number of hydrogen-bond donors (Lipinski definition) is 1. The third-order valence-electron chi connectivity index (χ3n) is 2.96. The number of nitro benzene ring substituents is 1. The van der Waals surface area contributed by atoms with E-state index >= 15 is 0 Å². The summed E-state index contributed by atoms with van der Waals surface area (Å²) >= 11 is 0. The van der Waals surface area contributed by atoms with E-state index in [-0.39, 0.29) is 11.4 Å². The number of anilines is 1. The molecule has 2 rings (SSSR count). The van der Waals surface area contributed by atoms with Gasteiger partial charge in [-0.1, -0.05) is 18.2 Å². The molecule has 0 atom stereocenters. The number of sulfone groups is 1. The van der Waals surface area contributed by atoms with Crippen molar-refractivity contribution in [3.05, 3.63) is 69.8 Å². The summed E-state index contributed by atoms with van der Waals surface area (Å²) in [6.45, 7) is 0. The molecule has 8 heteroatoms. The lowest BCUT2D eigenvalue weighted by molar-refractivity contribution is -0.384. The summed E-state index contributed by atoms with van der Waals surface area (Å²) in [5.41, 5.74) is 1.10. The SMILES string of the molecule is CS(=O)(=O)Cc1ccc(C(=O)Nc2cccc([N+](=O)[O-])c2)cc1. The normalized spacial score (nSPS) is 11.0. The average Bonchev–Trinajstić information content (AvgIpc) is 2.46. The minimum Gasteiger partial charge on any atom is -0.322 e. The zero-order valence-corrected chi connectivity index (χ0v) is 13.0. The molecule has 7 nitrogen and oxygen atoms in total. The standard InChI is InChI=1S/C15H14N2O5S/c1-23(21,22)10-11-5-7-12(8-6-11)15(18)16-13-3-2-4-14(9-13)17(19)20/h2-9H,10H2,1H3,(H,16,18). The van der Waals surface area contributed by atoms with Crippen molar-refractivity contribution in [1.29, 1.82) is 0 Å². The van der Waals surface area contributed by atoms with Crippen LogP contribution in [0.1, 0.15) is 15.9 Å². The fourth-order valence-corrected chi connectivity index (χ4v) is 2.75. The minimum atomic E-state index is -3.14. The highest BCUT2D eigenvalue weighted by Gasteiger charge is 2.11. The van der Waals surface area contributed by atoms with Crippen LogP contribution in [0.15, 0.2) is 48.5 Å². The number of non-ortho nitro benzene ring substituents is 1. The molecule has 23 heavy (non-hydrogen) atoms. The minimum absolute atomic E-state index is 0.0974. The maximum absolute atomic E-state index is 12.1. The van der Waals surface area contributed by atoms with Crippen molar-refractivity contribution in [3.63, 3.8) is 0 Å². The summed E-state index contributed by atoms with van der Waals surface area (Å²) in [5, 5.41) is 13.3. The van der Waals surface area contributed by atoms with E-state index in [0.717, 1.165) is 6.26 Å². The Balaban J connectivity index is 2.12. The molecule has 2 aromatic carbocycles. The summed E-state index contributed by atoms with van der Waals surface area (Å²) < 4.78 is 22.4. The third-order valence-corrected chi connectivity index (χ3v) is 3.82. The number of carbonyl (C=O) groups is 1. The Morgan fingerprint density at radius 1 is 1.17 bits per heavy atom. The van der Waals surface area contributed by atoms with Crippen LogP contribution in [0.4, 0.5) is 11.4 Å². The first-order valence-electron chi connectivity index (χ1n) is 6.57. The van der Waals surface area contributed by atoms with Crippen molar-refractivity contribution in [2.45, 2.75) is 5.75 Å². The van der Waals surface area contributed by atoms with Gasteiger partial charge in [0.2, 0.25) is 0 Å². The Labute approximate surface area is 133 Å². The zero-order valence-electron chi connectivity index (χ0n) is 12.2. The van der Waals surface area contributed by atoms with Crippen LogP contribution in [-0.2, 0) is 15.6 Å². The van der Waals surface area contributed by atoms with E-state index in [1.165, 1.54) is 30.3 Å². The highest BCUT2D eigenvalue weighted by molar-refractivity contribution is 7.89. The molecule has 0 aromatic heterocycles. The van der Waals surface area contributed by atoms with Gasteiger partial charge in [-0.15, -0.1) is 0 Å². The van der Waals surface area contributed by atoms with Gasteiger partial charge in [0, 0.05) is 29.6 Å². The van der Waals surface area contributed by atoms with Gasteiger partial charge in [0.15, 0.2) is 9.84 Å². The van der Waals surface area contributed by atoms with Gasteiger partial charge in [-0.3, -0.25) is 14.9 Å². The molecule has 0 aliphatic carbocycles. The van der Waals surface area contributed by atoms with Crippen LogP contribution < -0.4 is 5.32 Å². The van der Waals surface area contributed by atoms with E-state index in [2.05, 4.69) is 5.32 Å². The molecule has 1 amide bonds. The van der Waals surface area contributed by atoms with E-state index in [4.69, 9.17) is 0 Å². The van der Waals surface area contributed by atoms with Crippen LogP contribution in [0.5, 0.6) is 0 Å². The summed E-state index contributed by atoms with van der Waals surface area (Å²) in [6, 6.07) is 11.7. The van der Waals surface area contributed by atoms with E-state index in [0.29, 0.717) is 16.8 Å². The molecule has 0 heterocycles. The number of benzene rings is 2. The first-order valence-corrected chi connectivity index (χ1v) is 8.63. The highest BCUT2D eigenvalue weighted by atomic mass is 32.2. The average molecular weight is 334 g/mol. The fraction of sp³-hybridized carbons (Fsp3) is 0.133. The van der Waals surface area contributed by atoms with Crippen LogP contribution >= 0.6 is 0 Å². The second kappa shape index (κ2) is 6.57. The third kappa shape index (κ3) is 4.89. The van der Waals surface area contributed by atoms with Gasteiger partial charge < -0.3 is 5.32 Å². The topological polar surface area (TPSA) is 106 Å². The lowest BCUT2D eigenvalue weighted by atomic mass is 10.1. The van der Waals surface area contributed by atoms with E-state index in [9.17, 15) is 23.3 Å². The molecule has 0 radical (unpaired) electrons. The largest absolute Gasteiger partial charge is 0.322 e. The maximum Gasteiger partial charge on any atom is 0.271 e. The number of amides is 1. The van der Waals surface area contributed by atoms with Crippen molar-refractivity contribution >= 4 is 27.1 Å². The van der Waals surface area contributed by atoms with Gasteiger partial charge in [0.1, 0.15) is 0 Å². The van der Waals surface area contributed by atoms with Crippen LogP contribution in [-0.4, -0.2) is 25.5 Å². The van der Waals surface area contributed by atoms with Crippen LogP contribution in [0.3, 0.4) is 0 Å². The second-order valence-corrected chi connectivity index (χ2v) is 7.17. The van der Waals surface area contributed by atoms with Crippen LogP contribution in [0.25, 0.3) is 0 Å². The van der Waals surface area contributed by atoms with Crippen molar-refractivity contribution in [2.75, 3.05) is 11.6 Å². The first-order chi connectivity index (χ1) is 10.7. The van der Waals surface area contributed by atoms with Crippen molar-refractivity contribution in [1.82, 2.24) is 0 Å². The molecule has 0 unspecified atom stereocenters. The Kier molecular flexibility index (Phi) is 4.75. The van der Waals surface area contributed by atoms with Gasteiger partial charge in [-0.2, -0.15) is 0 Å². The first kappa shape index (κ1) is 16.6. The summed E-state index contributed by atoms with van der Waals surface area (Å²) in [6.07, 6.45) is 1.13. The monoisotopic (exact) mass is 334 g/mol. The Morgan fingerprint density at radius 3 is 2.39 bits per heavy atom. The molecule has 0 bridgehead atoms. The van der Waals surface area contributed by atoms with Crippen molar-refractivity contribution in [2.24, 2.45) is 0 Å². The Morgan fingerprint density at radius 2 is 1.83 bits per heavy atom. The lowest BCUT2D eigenvalue weighted by Gasteiger charge is -2.06. The molecular weight excluding hydrogens is 320 g/mol. The molecule has 2 aromatic rings. The Bertz CT molecular complexity index is 844. The summed E-state index contributed by atoms with van der Waals surface area (Å²) in [4.78, 5) is 22.3. The fourth-order valence-electron chi connectivity index (χ4n) is 1.96. The van der Waals surface area contributed by atoms with Crippen LogP contribution in [0, 0.1) is 10.1 Å². The molecule has 0 saturated heterocycles. The molecule has 1 N–H and O–H groups in total. The van der Waals surface area contributed by atoms with E-state index in [1.54, 1.807) is 18.2 Å². The quantitative estimate of drug-likeness (QED) is 0.667. The Hall–Kier alpha value is -2.74. The molecular formula is C15H14N2O5S. The van der Waals surface area contributed by atoms with E-state index in [1.807, 2.05) is 0 Å². The van der Waals surface area contributed by atoms with Gasteiger partial charge >= 0.3 is 0 Å². The van der Waals surface area contributed by atoms with Gasteiger partial charge in [-0.25, -0.2) is 8.42 Å². The van der Waals surface area contributed by atoms with E-state index < -0.39 is 20.7 Å². The zero-order chi connectivity index (χ0) is 17.0. The predicted molar refractivity (Wildman–Crippen MR) is 86.0 cm³/mol. The number of rotatable bonds is 5. The number of nitrogens with one attached hydrogen (secondary N) is 1. The van der Waals surface area contributed by atoms with Crippen molar-refractivity contribution in [3.8, 4) is 0 Å².